The minimum atomic E-state index is -3.27. The Labute approximate surface area is 182 Å². The Hall–Kier alpha value is -2.23. The van der Waals surface area contributed by atoms with Gasteiger partial charge in [0.2, 0.25) is 11.7 Å². The Morgan fingerprint density at radius 2 is 1.97 bits per heavy atom. The van der Waals surface area contributed by atoms with E-state index in [0.29, 0.717) is 5.02 Å². The molecule has 0 atom stereocenters. The van der Waals surface area contributed by atoms with Crippen LogP contribution in [-0.2, 0) is 21.0 Å². The summed E-state index contributed by atoms with van der Waals surface area (Å²) >= 11 is 7.61. The first-order valence-electron chi connectivity index (χ1n) is 9.32. The number of thiazole rings is 1. The Morgan fingerprint density at radius 3 is 2.63 bits per heavy atom. The van der Waals surface area contributed by atoms with Gasteiger partial charge in [-0.3, -0.25) is 4.79 Å². The third kappa shape index (κ3) is 3.44. The van der Waals surface area contributed by atoms with E-state index in [-0.39, 0.29) is 34.3 Å². The average Bonchev–Trinajstić information content (AvgIpc) is 3.25. The van der Waals surface area contributed by atoms with Crippen molar-refractivity contribution in [1.29, 1.82) is 0 Å². The van der Waals surface area contributed by atoms with Crippen molar-refractivity contribution in [2.24, 2.45) is 0 Å². The van der Waals surface area contributed by atoms with Gasteiger partial charge in [0, 0.05) is 33.2 Å². The van der Waals surface area contributed by atoms with E-state index in [2.05, 4.69) is 15.7 Å². The second kappa shape index (κ2) is 6.63. The molecule has 30 heavy (non-hydrogen) atoms. The molecule has 2 bridgehead atoms. The van der Waals surface area contributed by atoms with Gasteiger partial charge in [-0.15, -0.1) is 11.3 Å². The molecule has 1 amide bonds. The number of hydrogen-bond donors (Lipinski definition) is 1. The summed E-state index contributed by atoms with van der Waals surface area (Å²) in [7, 11) is -3.27. The summed E-state index contributed by atoms with van der Waals surface area (Å²) in [4.78, 5) is 21.2. The van der Waals surface area contributed by atoms with E-state index in [4.69, 9.17) is 21.0 Å². The standard InChI is InChI=1S/C20H18ClN3O4S2/c1-30(26,27)8-16-22-6-15(28-16)17(25)24-20-9-19(10-20,11-20)18-23-14(7-29-18)12-2-4-13(21)5-3-12/h2-7H,8-11H2,1H3,(H,24,25). The van der Waals surface area contributed by atoms with Gasteiger partial charge in [-0.2, -0.15) is 0 Å². The maximum Gasteiger partial charge on any atom is 0.289 e. The van der Waals surface area contributed by atoms with Crippen LogP contribution in [0.4, 0.5) is 0 Å². The fraction of sp³-hybridized carbons (Fsp3) is 0.350. The number of rotatable bonds is 6. The lowest BCUT2D eigenvalue weighted by atomic mass is 9.39. The molecule has 10 heteroatoms. The van der Waals surface area contributed by atoms with Gasteiger partial charge in [0.25, 0.3) is 5.91 Å². The molecule has 1 aromatic carbocycles. The van der Waals surface area contributed by atoms with Crippen LogP contribution in [0.2, 0.25) is 5.02 Å². The second-order valence-electron chi connectivity index (χ2n) is 8.28. The third-order valence-electron chi connectivity index (χ3n) is 5.67. The van der Waals surface area contributed by atoms with Crippen molar-refractivity contribution in [3.8, 4) is 11.3 Å². The number of carbonyl (C=O) groups is 1. The maximum atomic E-state index is 12.5. The predicted molar refractivity (Wildman–Crippen MR) is 113 cm³/mol. The normalized spacial score (nSPS) is 24.7. The van der Waals surface area contributed by atoms with Gasteiger partial charge in [0.15, 0.2) is 9.84 Å². The summed E-state index contributed by atoms with van der Waals surface area (Å²) in [6.45, 7) is 0. The fourth-order valence-electron chi connectivity index (χ4n) is 4.43. The third-order valence-corrected chi connectivity index (χ3v) is 7.78. The number of halogens is 1. The number of benzene rings is 1. The number of aromatic nitrogens is 2. The first-order chi connectivity index (χ1) is 14.2. The van der Waals surface area contributed by atoms with Crippen LogP contribution in [-0.4, -0.2) is 36.1 Å². The number of hydrogen-bond acceptors (Lipinski definition) is 7. The van der Waals surface area contributed by atoms with Crippen molar-refractivity contribution in [2.75, 3.05) is 6.26 Å². The van der Waals surface area contributed by atoms with Gasteiger partial charge in [0.1, 0.15) is 5.75 Å². The Morgan fingerprint density at radius 1 is 1.27 bits per heavy atom. The highest BCUT2D eigenvalue weighted by Gasteiger charge is 2.70. The van der Waals surface area contributed by atoms with E-state index >= 15 is 0 Å². The summed E-state index contributed by atoms with van der Waals surface area (Å²) in [5.41, 5.74) is 1.76. The molecule has 3 aromatic rings. The lowest BCUT2D eigenvalue weighted by Gasteiger charge is -2.69. The zero-order valence-corrected chi connectivity index (χ0v) is 18.4. The van der Waals surface area contributed by atoms with E-state index in [1.807, 2.05) is 24.3 Å². The smallest absolute Gasteiger partial charge is 0.289 e. The molecule has 0 aliphatic heterocycles. The molecule has 2 heterocycles. The highest BCUT2D eigenvalue weighted by Crippen LogP contribution is 2.68. The van der Waals surface area contributed by atoms with Crippen LogP contribution in [0.15, 0.2) is 40.3 Å². The number of carbonyl (C=O) groups excluding carboxylic acids is 1. The van der Waals surface area contributed by atoms with Gasteiger partial charge in [-0.1, -0.05) is 23.7 Å². The average molecular weight is 464 g/mol. The Bertz CT molecular complexity index is 1230. The minimum Gasteiger partial charge on any atom is -0.434 e. The summed E-state index contributed by atoms with van der Waals surface area (Å²) in [5.74, 6) is -0.633. The van der Waals surface area contributed by atoms with Crippen LogP contribution < -0.4 is 5.32 Å². The van der Waals surface area contributed by atoms with Crippen LogP contribution in [0.5, 0.6) is 0 Å². The van der Waals surface area contributed by atoms with Gasteiger partial charge >= 0.3 is 0 Å². The molecule has 0 spiro atoms. The van der Waals surface area contributed by atoms with Crippen LogP contribution >= 0.6 is 22.9 Å². The van der Waals surface area contributed by atoms with Crippen molar-refractivity contribution < 1.29 is 17.6 Å². The molecule has 0 unspecified atom stereocenters. The highest BCUT2D eigenvalue weighted by molar-refractivity contribution is 7.89. The van der Waals surface area contributed by atoms with Crippen molar-refractivity contribution >= 4 is 38.7 Å². The van der Waals surface area contributed by atoms with Crippen LogP contribution in [0.3, 0.4) is 0 Å². The lowest BCUT2D eigenvalue weighted by molar-refractivity contribution is -0.0812. The lowest BCUT2D eigenvalue weighted by Crippen LogP contribution is -2.76. The van der Waals surface area contributed by atoms with Gasteiger partial charge < -0.3 is 9.73 Å². The van der Waals surface area contributed by atoms with E-state index in [1.165, 1.54) is 6.20 Å². The molecule has 0 saturated heterocycles. The first-order valence-corrected chi connectivity index (χ1v) is 12.6. The zero-order chi connectivity index (χ0) is 21.1. The van der Waals surface area contributed by atoms with Crippen molar-refractivity contribution in [2.45, 2.75) is 36.0 Å². The van der Waals surface area contributed by atoms with Gasteiger partial charge in [-0.05, 0) is 31.4 Å². The number of nitrogens with zero attached hydrogens (tertiary/aromatic N) is 2. The summed E-state index contributed by atoms with van der Waals surface area (Å²) in [6, 6.07) is 7.62. The molecule has 7 nitrogen and oxygen atoms in total. The molecule has 3 fully saturated rings. The predicted octanol–water partition coefficient (Wildman–Crippen LogP) is 3.60. The van der Waals surface area contributed by atoms with E-state index in [1.54, 1.807) is 11.3 Å². The van der Waals surface area contributed by atoms with Gasteiger partial charge in [-0.25, -0.2) is 18.4 Å². The molecule has 3 aliphatic carbocycles. The Kier molecular flexibility index (Phi) is 4.36. The largest absolute Gasteiger partial charge is 0.434 e. The molecule has 1 N–H and O–H groups in total. The molecule has 6 rings (SSSR count). The monoisotopic (exact) mass is 463 g/mol. The fourth-order valence-corrected chi connectivity index (χ4v) is 6.16. The van der Waals surface area contributed by atoms with E-state index in [0.717, 1.165) is 41.8 Å². The highest BCUT2D eigenvalue weighted by atomic mass is 35.5. The SMILES string of the molecule is CS(=O)(=O)Cc1ncc(C(=O)NC23CC(c4nc(-c5ccc(Cl)cc5)cs4)(C2)C3)o1. The molecule has 3 aliphatic rings. The van der Waals surface area contributed by atoms with Crippen LogP contribution in [0.1, 0.15) is 40.7 Å². The number of amides is 1. The van der Waals surface area contributed by atoms with Crippen LogP contribution in [0, 0.1) is 0 Å². The van der Waals surface area contributed by atoms with Crippen LogP contribution in [0.25, 0.3) is 11.3 Å². The van der Waals surface area contributed by atoms with Crippen molar-refractivity contribution in [3.63, 3.8) is 0 Å². The molecule has 3 saturated carbocycles. The van der Waals surface area contributed by atoms with Gasteiger partial charge in [0.05, 0.1) is 16.9 Å². The maximum absolute atomic E-state index is 12.5. The number of oxazole rings is 1. The van der Waals surface area contributed by atoms with Crippen molar-refractivity contribution in [1.82, 2.24) is 15.3 Å². The minimum absolute atomic E-state index is 0.0224. The topological polar surface area (TPSA) is 102 Å². The van der Waals surface area contributed by atoms with E-state index in [9.17, 15) is 13.2 Å². The second-order valence-corrected chi connectivity index (χ2v) is 11.7. The quantitative estimate of drug-likeness (QED) is 0.599. The molecule has 2 aromatic heterocycles. The summed E-state index contributed by atoms with van der Waals surface area (Å²) in [6.07, 6.45) is 4.88. The number of sulfone groups is 1. The molecular weight excluding hydrogens is 446 g/mol. The molecule has 0 radical (unpaired) electrons. The summed E-state index contributed by atoms with van der Waals surface area (Å²) in [5, 5.41) is 6.88. The first kappa shape index (κ1) is 19.7. The Balaban J connectivity index is 1.22. The molecule has 156 valence electrons. The van der Waals surface area contributed by atoms with E-state index < -0.39 is 9.84 Å². The number of nitrogens with one attached hydrogen (secondary N) is 1. The summed E-state index contributed by atoms with van der Waals surface area (Å²) < 4.78 is 28.0. The molecular formula is C20H18ClN3O4S2. The van der Waals surface area contributed by atoms with Crippen molar-refractivity contribution in [3.05, 3.63) is 57.5 Å². The zero-order valence-electron chi connectivity index (χ0n) is 16.0.